The molecule has 1 aromatic heterocycles. The molecule has 2 aromatic rings. The van der Waals surface area contributed by atoms with Crippen LogP contribution in [0.2, 0.25) is 0 Å². The molecule has 92 valence electrons. The van der Waals surface area contributed by atoms with Gasteiger partial charge >= 0.3 is 5.97 Å². The molecule has 6 heteroatoms. The Morgan fingerprint density at radius 3 is 2.72 bits per heavy atom. The molecule has 0 unspecified atom stereocenters. The second-order valence-corrected chi connectivity index (χ2v) is 4.87. The first-order chi connectivity index (χ1) is 8.56. The fraction of sp³-hybridized carbons (Fsp3) is 0.0833. The van der Waals surface area contributed by atoms with Crippen LogP contribution in [0.4, 0.5) is 8.78 Å². The lowest BCUT2D eigenvalue weighted by molar-refractivity contribution is 0.0702. The molecule has 0 bridgehead atoms. The Morgan fingerprint density at radius 1 is 1.28 bits per heavy atom. The summed E-state index contributed by atoms with van der Waals surface area (Å²) < 4.78 is 31.6. The number of benzene rings is 1. The van der Waals surface area contributed by atoms with E-state index in [4.69, 9.17) is 9.84 Å². The topological polar surface area (TPSA) is 46.5 Å². The smallest absolute Gasteiger partial charge is 0.345 e. The Morgan fingerprint density at radius 2 is 2.00 bits per heavy atom. The van der Waals surface area contributed by atoms with Gasteiger partial charge in [0, 0.05) is 22.1 Å². The maximum atomic E-state index is 13.2. The van der Waals surface area contributed by atoms with E-state index in [0.717, 1.165) is 23.5 Å². The van der Waals surface area contributed by atoms with Crippen molar-refractivity contribution in [1.29, 1.82) is 0 Å². The number of carbonyl (C=O) groups is 1. The highest BCUT2D eigenvalue weighted by atomic mass is 32.1. The Labute approximate surface area is 104 Å². The first kappa shape index (κ1) is 11.2. The minimum absolute atomic E-state index is 0.154. The molecule has 0 atom stereocenters. The first-order valence-electron chi connectivity index (χ1n) is 5.04. The van der Waals surface area contributed by atoms with Crippen molar-refractivity contribution in [2.75, 3.05) is 0 Å². The second-order valence-electron chi connectivity index (χ2n) is 3.82. The van der Waals surface area contributed by atoms with E-state index < -0.39 is 17.6 Å². The standard InChI is InChI=1S/C12H6F2O3S/c13-7-2-6-9(3-8(7)14)17-4-5-1-10(12(15)16)18-11(5)6/h1-3H,4H2,(H,15,16). The van der Waals surface area contributed by atoms with Crippen LogP contribution < -0.4 is 4.74 Å². The van der Waals surface area contributed by atoms with E-state index in [1.807, 2.05) is 0 Å². The zero-order valence-corrected chi connectivity index (χ0v) is 9.68. The largest absolute Gasteiger partial charge is 0.488 e. The maximum Gasteiger partial charge on any atom is 0.345 e. The average molecular weight is 268 g/mol. The van der Waals surface area contributed by atoms with Crippen LogP contribution in [-0.2, 0) is 6.61 Å². The monoisotopic (exact) mass is 268 g/mol. The third-order valence-electron chi connectivity index (χ3n) is 2.67. The molecule has 18 heavy (non-hydrogen) atoms. The van der Waals surface area contributed by atoms with E-state index >= 15 is 0 Å². The van der Waals surface area contributed by atoms with Crippen LogP contribution in [0.1, 0.15) is 15.2 Å². The molecule has 2 heterocycles. The third-order valence-corrected chi connectivity index (χ3v) is 3.87. The van der Waals surface area contributed by atoms with Crippen molar-refractivity contribution in [1.82, 2.24) is 0 Å². The highest BCUT2D eigenvalue weighted by Gasteiger charge is 2.24. The van der Waals surface area contributed by atoms with Gasteiger partial charge in [0.25, 0.3) is 0 Å². The summed E-state index contributed by atoms with van der Waals surface area (Å²) in [5.74, 6) is -2.76. The number of rotatable bonds is 1. The molecule has 1 aliphatic rings. The van der Waals surface area contributed by atoms with Gasteiger partial charge in [0.05, 0.1) is 0 Å². The van der Waals surface area contributed by atoms with Crippen LogP contribution in [0.15, 0.2) is 18.2 Å². The van der Waals surface area contributed by atoms with E-state index in [0.29, 0.717) is 16.0 Å². The van der Waals surface area contributed by atoms with Gasteiger partial charge in [0.15, 0.2) is 11.6 Å². The summed E-state index contributed by atoms with van der Waals surface area (Å²) in [5, 5.41) is 8.92. The molecule has 0 radical (unpaired) electrons. The normalized spacial score (nSPS) is 12.6. The number of hydrogen-bond acceptors (Lipinski definition) is 3. The van der Waals surface area contributed by atoms with Gasteiger partial charge in [0.1, 0.15) is 17.2 Å². The summed E-state index contributed by atoms with van der Waals surface area (Å²) in [5.41, 5.74) is 1.07. The van der Waals surface area contributed by atoms with Crippen molar-refractivity contribution in [2.45, 2.75) is 6.61 Å². The first-order valence-corrected chi connectivity index (χ1v) is 5.86. The van der Waals surface area contributed by atoms with Crippen molar-refractivity contribution in [2.24, 2.45) is 0 Å². The lowest BCUT2D eigenvalue weighted by Crippen LogP contribution is -2.04. The zero-order chi connectivity index (χ0) is 12.9. The van der Waals surface area contributed by atoms with Crippen molar-refractivity contribution < 1.29 is 23.4 Å². The van der Waals surface area contributed by atoms with E-state index in [9.17, 15) is 13.6 Å². The molecular weight excluding hydrogens is 262 g/mol. The Balaban J connectivity index is 2.21. The number of carboxylic acids is 1. The number of thiophene rings is 1. The van der Waals surface area contributed by atoms with Crippen molar-refractivity contribution in [3.05, 3.63) is 40.3 Å². The summed E-state index contributed by atoms with van der Waals surface area (Å²) in [6.07, 6.45) is 0. The Hall–Kier alpha value is -1.95. The lowest BCUT2D eigenvalue weighted by Gasteiger charge is -2.17. The second kappa shape index (κ2) is 3.78. The van der Waals surface area contributed by atoms with Gasteiger partial charge in [-0.15, -0.1) is 11.3 Å². The number of ether oxygens (including phenoxy) is 1. The predicted octanol–water partition coefficient (Wildman–Crippen LogP) is 3.28. The summed E-state index contributed by atoms with van der Waals surface area (Å²) >= 11 is 1.03. The molecule has 1 N–H and O–H groups in total. The van der Waals surface area contributed by atoms with Crippen LogP contribution in [0.5, 0.6) is 5.75 Å². The number of fused-ring (bicyclic) bond motifs is 3. The molecular formula is C12H6F2O3S. The SMILES string of the molecule is O=C(O)c1cc2c(s1)-c1cc(F)c(F)cc1OC2. The van der Waals surface area contributed by atoms with Crippen LogP contribution in [0.3, 0.4) is 0 Å². The van der Waals surface area contributed by atoms with E-state index in [2.05, 4.69) is 0 Å². The van der Waals surface area contributed by atoms with Gasteiger partial charge in [-0.2, -0.15) is 0 Å². The molecule has 1 aliphatic heterocycles. The molecule has 0 aliphatic carbocycles. The van der Waals surface area contributed by atoms with Crippen LogP contribution in [0.25, 0.3) is 10.4 Å². The average Bonchev–Trinajstić information content (AvgIpc) is 2.75. The molecule has 0 spiro atoms. The zero-order valence-electron chi connectivity index (χ0n) is 8.87. The van der Waals surface area contributed by atoms with E-state index in [1.54, 1.807) is 0 Å². The van der Waals surface area contributed by atoms with Crippen LogP contribution in [-0.4, -0.2) is 11.1 Å². The van der Waals surface area contributed by atoms with Crippen LogP contribution in [0, 0.1) is 11.6 Å². The quantitative estimate of drug-likeness (QED) is 0.863. The summed E-state index contributed by atoms with van der Waals surface area (Å²) in [6, 6.07) is 3.51. The molecule has 3 nitrogen and oxygen atoms in total. The minimum atomic E-state index is -1.04. The number of hydrogen-bond donors (Lipinski definition) is 1. The minimum Gasteiger partial charge on any atom is -0.488 e. The van der Waals surface area contributed by atoms with Crippen molar-refractivity contribution >= 4 is 17.3 Å². The Kier molecular flexibility index (Phi) is 2.34. The van der Waals surface area contributed by atoms with Gasteiger partial charge in [-0.05, 0) is 12.1 Å². The summed E-state index contributed by atoms with van der Waals surface area (Å²) in [4.78, 5) is 11.7. The van der Waals surface area contributed by atoms with Crippen molar-refractivity contribution in [3.63, 3.8) is 0 Å². The number of aromatic carboxylic acids is 1. The molecule has 0 saturated carbocycles. The molecule has 0 amide bonds. The van der Waals surface area contributed by atoms with Gasteiger partial charge in [0.2, 0.25) is 0 Å². The summed E-state index contributed by atoms with van der Waals surface area (Å²) in [6.45, 7) is 0.164. The van der Waals surface area contributed by atoms with Gasteiger partial charge in [-0.3, -0.25) is 0 Å². The van der Waals surface area contributed by atoms with E-state index in [1.165, 1.54) is 6.07 Å². The summed E-state index contributed by atoms with van der Waals surface area (Å²) in [7, 11) is 0. The predicted molar refractivity (Wildman–Crippen MR) is 61.0 cm³/mol. The van der Waals surface area contributed by atoms with Gasteiger partial charge in [-0.25, -0.2) is 13.6 Å². The highest BCUT2D eigenvalue weighted by Crippen LogP contribution is 2.43. The fourth-order valence-electron chi connectivity index (χ4n) is 1.85. The molecule has 1 aromatic carbocycles. The highest BCUT2D eigenvalue weighted by molar-refractivity contribution is 7.17. The van der Waals surface area contributed by atoms with Crippen molar-refractivity contribution in [3.8, 4) is 16.2 Å². The van der Waals surface area contributed by atoms with Crippen LogP contribution >= 0.6 is 11.3 Å². The molecule has 0 fully saturated rings. The van der Waals surface area contributed by atoms with Gasteiger partial charge in [-0.1, -0.05) is 0 Å². The lowest BCUT2D eigenvalue weighted by atomic mass is 10.1. The Bertz CT molecular complexity index is 664. The van der Waals surface area contributed by atoms with Gasteiger partial charge < -0.3 is 9.84 Å². The number of halogens is 2. The van der Waals surface area contributed by atoms with E-state index in [-0.39, 0.29) is 17.2 Å². The third kappa shape index (κ3) is 1.57. The molecule has 0 saturated heterocycles. The molecule has 3 rings (SSSR count). The maximum absolute atomic E-state index is 13.2. The number of carboxylic acid groups (broad SMARTS) is 1. The fourth-order valence-corrected chi connectivity index (χ4v) is 2.88.